The molecular formula is C8H15N2. The Morgan fingerprint density at radius 2 is 1.70 bits per heavy atom. The molecule has 0 atom stereocenters. The van der Waals surface area contributed by atoms with Gasteiger partial charge in [-0.15, -0.1) is 0 Å². The quantitative estimate of drug-likeness (QED) is 0.536. The van der Waals surface area contributed by atoms with Gasteiger partial charge in [-0.2, -0.15) is 5.43 Å². The number of hydrogen-bond acceptors (Lipinski definition) is 1. The molecule has 0 aromatic heterocycles. The third kappa shape index (κ3) is 1.06. The van der Waals surface area contributed by atoms with Gasteiger partial charge in [-0.1, -0.05) is 12.8 Å². The average Bonchev–Trinajstić information content (AvgIpc) is 2.39. The zero-order valence-electron chi connectivity index (χ0n) is 6.40. The summed E-state index contributed by atoms with van der Waals surface area (Å²) in [5, 5.41) is 0. The van der Waals surface area contributed by atoms with E-state index < -0.39 is 0 Å². The Morgan fingerprint density at radius 1 is 1.00 bits per heavy atom. The van der Waals surface area contributed by atoms with Gasteiger partial charge in [-0.3, -0.25) is 0 Å². The van der Waals surface area contributed by atoms with Crippen molar-refractivity contribution in [2.24, 2.45) is 0 Å². The first-order valence-corrected chi connectivity index (χ1v) is 4.36. The van der Waals surface area contributed by atoms with Crippen molar-refractivity contribution in [1.29, 1.82) is 0 Å². The molecule has 0 aromatic carbocycles. The summed E-state index contributed by atoms with van der Waals surface area (Å²) in [5.74, 6) is 0. The molecule has 2 rings (SSSR count). The van der Waals surface area contributed by atoms with E-state index in [1.807, 2.05) is 0 Å². The van der Waals surface area contributed by atoms with Crippen LogP contribution in [-0.4, -0.2) is 12.1 Å². The summed E-state index contributed by atoms with van der Waals surface area (Å²) >= 11 is 0. The van der Waals surface area contributed by atoms with E-state index in [9.17, 15) is 0 Å². The van der Waals surface area contributed by atoms with Crippen LogP contribution in [0.1, 0.15) is 38.5 Å². The fourth-order valence-corrected chi connectivity index (χ4v) is 2.17. The molecule has 57 valence electrons. The van der Waals surface area contributed by atoms with E-state index in [-0.39, 0.29) is 0 Å². The van der Waals surface area contributed by atoms with Crippen LogP contribution in [0.4, 0.5) is 0 Å². The molecule has 1 saturated carbocycles. The molecule has 2 nitrogen and oxygen atoms in total. The van der Waals surface area contributed by atoms with Crippen LogP contribution in [0.3, 0.4) is 0 Å². The van der Waals surface area contributed by atoms with E-state index >= 15 is 0 Å². The topological polar surface area (TPSA) is 26.1 Å². The second-order valence-electron chi connectivity index (χ2n) is 3.55. The molecule has 1 aliphatic carbocycles. The molecule has 1 spiro atoms. The molecule has 2 heteroatoms. The second-order valence-corrected chi connectivity index (χ2v) is 3.55. The molecule has 0 aromatic rings. The Hall–Kier alpha value is -0.0800. The minimum atomic E-state index is 0.387. The summed E-state index contributed by atoms with van der Waals surface area (Å²) in [5.41, 5.74) is 8.04. The highest BCUT2D eigenvalue weighted by molar-refractivity contribution is 4.92. The molecule has 2 aliphatic rings. The summed E-state index contributed by atoms with van der Waals surface area (Å²) < 4.78 is 0. The number of rotatable bonds is 0. The largest absolute Gasteiger partial charge is 0.240 e. The van der Waals surface area contributed by atoms with Gasteiger partial charge in [0.1, 0.15) is 0 Å². The Morgan fingerprint density at radius 3 is 2.30 bits per heavy atom. The zero-order valence-corrected chi connectivity index (χ0v) is 6.40. The lowest BCUT2D eigenvalue weighted by atomic mass is 9.91. The maximum Gasteiger partial charge on any atom is 0.0526 e. The van der Waals surface area contributed by atoms with Crippen molar-refractivity contribution in [3.05, 3.63) is 0 Å². The highest BCUT2D eigenvalue weighted by Gasteiger charge is 2.35. The molecular weight excluding hydrogens is 124 g/mol. The first-order valence-electron chi connectivity index (χ1n) is 4.36. The summed E-state index contributed by atoms with van der Waals surface area (Å²) in [4.78, 5) is 0. The molecule has 1 N–H and O–H groups in total. The van der Waals surface area contributed by atoms with Crippen LogP contribution in [-0.2, 0) is 0 Å². The lowest BCUT2D eigenvalue weighted by molar-refractivity contribution is 0.211. The number of nitrogens with zero attached hydrogens (tertiary/aromatic N) is 1. The summed E-state index contributed by atoms with van der Waals surface area (Å²) in [6, 6.07) is 0. The van der Waals surface area contributed by atoms with Crippen LogP contribution in [0.15, 0.2) is 0 Å². The first kappa shape index (κ1) is 6.62. The molecule has 1 heterocycles. The van der Waals surface area contributed by atoms with E-state index in [4.69, 9.17) is 0 Å². The van der Waals surface area contributed by atoms with E-state index in [1.54, 1.807) is 0 Å². The summed E-state index contributed by atoms with van der Waals surface area (Å²) in [6.45, 7) is 1.10. The molecule has 0 amide bonds. The summed E-state index contributed by atoms with van der Waals surface area (Å²) in [6.07, 6.45) is 8.11. The van der Waals surface area contributed by atoms with Gasteiger partial charge in [0.25, 0.3) is 0 Å². The van der Waals surface area contributed by atoms with Crippen molar-refractivity contribution in [3.8, 4) is 0 Å². The molecule has 2 fully saturated rings. The summed E-state index contributed by atoms with van der Waals surface area (Å²) in [7, 11) is 0. The van der Waals surface area contributed by atoms with Crippen molar-refractivity contribution < 1.29 is 0 Å². The Bertz CT molecular complexity index is 108. The van der Waals surface area contributed by atoms with Gasteiger partial charge in [-0.05, 0) is 25.7 Å². The van der Waals surface area contributed by atoms with Gasteiger partial charge in [0, 0.05) is 6.54 Å². The predicted molar refractivity (Wildman–Crippen MR) is 40.6 cm³/mol. The lowest BCUT2D eigenvalue weighted by Crippen LogP contribution is -2.49. The standard InChI is InChI=1S/C8H15N2/c1-2-5-8(4-1)6-3-7-9-10-8/h9H,1-7H2. The molecule has 0 bridgehead atoms. The Labute approximate surface area is 62.4 Å². The van der Waals surface area contributed by atoms with Crippen LogP contribution in [0.2, 0.25) is 0 Å². The fourth-order valence-electron chi connectivity index (χ4n) is 2.17. The minimum Gasteiger partial charge on any atom is -0.240 e. The van der Waals surface area contributed by atoms with Gasteiger partial charge in [-0.25, -0.2) is 5.43 Å². The van der Waals surface area contributed by atoms with Crippen LogP contribution in [0, 0.1) is 0 Å². The maximum absolute atomic E-state index is 4.51. The number of nitrogens with one attached hydrogen (secondary N) is 1. The fraction of sp³-hybridized carbons (Fsp3) is 1.00. The molecule has 10 heavy (non-hydrogen) atoms. The van der Waals surface area contributed by atoms with E-state index in [2.05, 4.69) is 10.9 Å². The first-order chi connectivity index (χ1) is 4.91. The lowest BCUT2D eigenvalue weighted by Gasteiger charge is -2.32. The van der Waals surface area contributed by atoms with Gasteiger partial charge in [0.05, 0.1) is 5.54 Å². The van der Waals surface area contributed by atoms with Crippen LogP contribution < -0.4 is 10.9 Å². The van der Waals surface area contributed by atoms with E-state index in [0.717, 1.165) is 6.54 Å². The third-order valence-corrected chi connectivity index (χ3v) is 2.78. The van der Waals surface area contributed by atoms with Crippen LogP contribution in [0.5, 0.6) is 0 Å². The van der Waals surface area contributed by atoms with Gasteiger partial charge >= 0.3 is 0 Å². The van der Waals surface area contributed by atoms with Gasteiger partial charge in [0.15, 0.2) is 0 Å². The molecule has 1 aliphatic heterocycles. The zero-order chi connectivity index (χ0) is 6.86. The smallest absolute Gasteiger partial charge is 0.0526 e. The van der Waals surface area contributed by atoms with E-state index in [1.165, 1.54) is 38.5 Å². The van der Waals surface area contributed by atoms with Crippen LogP contribution >= 0.6 is 0 Å². The highest BCUT2D eigenvalue weighted by atomic mass is 15.4. The second kappa shape index (κ2) is 2.51. The normalized spacial score (nSPS) is 31.2. The van der Waals surface area contributed by atoms with Crippen molar-refractivity contribution in [3.63, 3.8) is 0 Å². The predicted octanol–water partition coefficient (Wildman–Crippen LogP) is 1.20. The third-order valence-electron chi connectivity index (χ3n) is 2.78. The highest BCUT2D eigenvalue weighted by Crippen LogP contribution is 2.34. The van der Waals surface area contributed by atoms with E-state index in [0.29, 0.717) is 5.54 Å². The van der Waals surface area contributed by atoms with Crippen molar-refractivity contribution >= 4 is 0 Å². The minimum absolute atomic E-state index is 0.387. The Balaban J connectivity index is 1.98. The Kier molecular flexibility index (Phi) is 1.66. The number of hydrogen-bond donors (Lipinski definition) is 1. The van der Waals surface area contributed by atoms with Crippen molar-refractivity contribution in [1.82, 2.24) is 10.9 Å². The van der Waals surface area contributed by atoms with Crippen LogP contribution in [0.25, 0.3) is 0 Å². The van der Waals surface area contributed by atoms with Gasteiger partial charge < -0.3 is 0 Å². The molecule has 1 saturated heterocycles. The average molecular weight is 139 g/mol. The van der Waals surface area contributed by atoms with Crippen molar-refractivity contribution in [2.45, 2.75) is 44.1 Å². The monoisotopic (exact) mass is 139 g/mol. The maximum atomic E-state index is 4.51. The molecule has 1 radical (unpaired) electrons. The SMILES string of the molecule is C1CCC2(C1)CCCN[N]2. The van der Waals surface area contributed by atoms with Gasteiger partial charge in [0.2, 0.25) is 0 Å². The van der Waals surface area contributed by atoms with Crippen molar-refractivity contribution in [2.75, 3.05) is 6.54 Å². The molecule has 0 unspecified atom stereocenters.